The molecule has 1 aliphatic heterocycles. The summed E-state index contributed by atoms with van der Waals surface area (Å²) in [7, 11) is 0. The Morgan fingerprint density at radius 3 is 2.59 bits per heavy atom. The van der Waals surface area contributed by atoms with E-state index in [0.717, 1.165) is 4.90 Å². The number of likely N-dealkylation sites (tertiary alicyclic amines) is 1. The number of aliphatic hydroxyl groups is 2. The molecule has 0 radical (unpaired) electrons. The molecule has 0 aromatic heterocycles. The van der Waals surface area contributed by atoms with Crippen molar-refractivity contribution in [3.05, 3.63) is 12.2 Å². The molecule has 8 nitrogen and oxygen atoms in total. The van der Waals surface area contributed by atoms with Gasteiger partial charge in [0.15, 0.2) is 0 Å². The average Bonchev–Trinajstić information content (AvgIpc) is 2.82. The molecule has 0 saturated carbocycles. The van der Waals surface area contributed by atoms with Crippen molar-refractivity contribution in [2.45, 2.75) is 44.5 Å². The molecule has 0 aliphatic carbocycles. The van der Waals surface area contributed by atoms with Crippen LogP contribution in [0.5, 0.6) is 0 Å². The first kappa shape index (κ1) is 17.9. The lowest BCUT2D eigenvalue weighted by atomic mass is 9.90. The normalized spacial score (nSPS) is 27.4. The number of nitrogens with one attached hydrogen (secondary N) is 1. The number of carboxylic acid groups (broad SMARTS) is 1. The van der Waals surface area contributed by atoms with Crippen LogP contribution in [0, 0.1) is 17.2 Å². The Hall–Kier alpha value is -2.11. The van der Waals surface area contributed by atoms with Crippen LogP contribution in [0.25, 0.3) is 0 Å². The molecule has 0 aromatic rings. The minimum Gasteiger partial charge on any atom is -0.465 e. The molecule has 2 amide bonds. The van der Waals surface area contributed by atoms with Gasteiger partial charge in [-0.15, -0.1) is 0 Å². The average molecular weight is 311 g/mol. The van der Waals surface area contributed by atoms with Crippen LogP contribution in [0.1, 0.15) is 20.3 Å². The van der Waals surface area contributed by atoms with Gasteiger partial charge in [0.2, 0.25) is 5.91 Å². The number of rotatable bonds is 5. The van der Waals surface area contributed by atoms with Crippen molar-refractivity contribution in [2.24, 2.45) is 5.92 Å². The molecule has 0 aromatic carbocycles. The van der Waals surface area contributed by atoms with E-state index in [1.807, 2.05) is 6.07 Å². The zero-order valence-electron chi connectivity index (χ0n) is 12.5. The highest BCUT2D eigenvalue weighted by atomic mass is 16.4. The lowest BCUT2D eigenvalue weighted by Gasteiger charge is -2.35. The third-order valence-electron chi connectivity index (χ3n) is 3.74. The second-order valence-corrected chi connectivity index (χ2v) is 5.23. The largest absolute Gasteiger partial charge is 0.465 e. The molecule has 4 N–H and O–H groups in total. The van der Waals surface area contributed by atoms with E-state index in [-0.39, 0.29) is 12.3 Å². The Labute approximate surface area is 128 Å². The number of carbonyl (C=O) groups is 2. The van der Waals surface area contributed by atoms with E-state index in [4.69, 9.17) is 0 Å². The first-order chi connectivity index (χ1) is 10.4. The van der Waals surface area contributed by atoms with Crippen LogP contribution in [0.3, 0.4) is 0 Å². The van der Waals surface area contributed by atoms with Crippen LogP contribution in [-0.2, 0) is 4.79 Å². The second kappa shape index (κ2) is 7.77. The van der Waals surface area contributed by atoms with Crippen molar-refractivity contribution in [1.29, 1.82) is 5.26 Å². The summed E-state index contributed by atoms with van der Waals surface area (Å²) in [5.74, 6) is -0.800. The Balaban J connectivity index is 3.26. The van der Waals surface area contributed by atoms with E-state index in [1.54, 1.807) is 19.1 Å². The minimum atomic E-state index is -1.33. The van der Waals surface area contributed by atoms with Gasteiger partial charge in [-0.05, 0) is 13.3 Å². The van der Waals surface area contributed by atoms with E-state index in [1.165, 1.54) is 6.92 Å². The van der Waals surface area contributed by atoms with Gasteiger partial charge in [-0.1, -0.05) is 12.2 Å². The van der Waals surface area contributed by atoms with Crippen LogP contribution >= 0.6 is 0 Å². The number of nitriles is 1. The summed E-state index contributed by atoms with van der Waals surface area (Å²) >= 11 is 0. The lowest BCUT2D eigenvalue weighted by Crippen LogP contribution is -2.59. The minimum absolute atomic E-state index is 0.270. The Kier molecular flexibility index (Phi) is 6.34. The standard InChI is InChI=1S/C14H21N3O5/c1-3-4-9-5-10(6-15)17(14(21)22)13(9)12(11(20)7-18)16-8(2)19/h3-4,9-13,18,20H,5,7H2,1-2H3,(H,16,19)(H,21,22)/t9-,10-,11-,12+,13-/m1/s1. The number of aliphatic hydroxyl groups excluding tert-OH is 2. The molecule has 0 unspecified atom stereocenters. The molecule has 0 bridgehead atoms. The molecular formula is C14H21N3O5. The van der Waals surface area contributed by atoms with Gasteiger partial charge >= 0.3 is 6.09 Å². The highest BCUT2D eigenvalue weighted by Gasteiger charge is 2.48. The summed E-state index contributed by atoms with van der Waals surface area (Å²) in [6, 6.07) is -0.767. The van der Waals surface area contributed by atoms with Gasteiger partial charge in [-0.3, -0.25) is 9.69 Å². The van der Waals surface area contributed by atoms with Crippen molar-refractivity contribution in [3.8, 4) is 6.07 Å². The van der Waals surface area contributed by atoms with Gasteiger partial charge in [0.1, 0.15) is 6.04 Å². The fourth-order valence-corrected chi connectivity index (χ4v) is 2.94. The summed E-state index contributed by atoms with van der Waals surface area (Å²) in [5, 5.41) is 40.2. The van der Waals surface area contributed by atoms with Crippen LogP contribution in [0.4, 0.5) is 4.79 Å². The molecule has 1 saturated heterocycles. The first-order valence-electron chi connectivity index (χ1n) is 6.97. The molecule has 0 spiro atoms. The molecule has 1 heterocycles. The third-order valence-corrected chi connectivity index (χ3v) is 3.74. The van der Waals surface area contributed by atoms with Crippen LogP contribution < -0.4 is 5.32 Å². The summed E-state index contributed by atoms with van der Waals surface area (Å²) < 4.78 is 0. The van der Waals surface area contributed by atoms with Crippen LogP contribution in [0.2, 0.25) is 0 Å². The zero-order valence-corrected chi connectivity index (χ0v) is 12.5. The third kappa shape index (κ3) is 3.75. The summed E-state index contributed by atoms with van der Waals surface area (Å²) in [6.45, 7) is 2.37. The number of hydrogen-bond donors (Lipinski definition) is 4. The molecule has 5 atom stereocenters. The van der Waals surface area contributed by atoms with Crippen molar-refractivity contribution < 1.29 is 24.9 Å². The number of amides is 2. The lowest BCUT2D eigenvalue weighted by molar-refractivity contribution is -0.121. The van der Waals surface area contributed by atoms with Gasteiger partial charge < -0.3 is 20.6 Å². The Morgan fingerprint density at radius 1 is 1.55 bits per heavy atom. The maximum absolute atomic E-state index is 11.5. The van der Waals surface area contributed by atoms with Crippen LogP contribution in [-0.4, -0.2) is 63.1 Å². The molecule has 122 valence electrons. The maximum atomic E-state index is 11.5. The second-order valence-electron chi connectivity index (χ2n) is 5.23. The van der Waals surface area contributed by atoms with E-state index < -0.39 is 42.8 Å². The van der Waals surface area contributed by atoms with Gasteiger partial charge in [0.05, 0.1) is 30.9 Å². The van der Waals surface area contributed by atoms with E-state index in [0.29, 0.717) is 0 Å². The SMILES string of the molecule is CC=C[C@@H]1C[C@H](C#N)N(C(=O)O)[C@H]1[C@@H](NC(C)=O)[C@H](O)CO. The summed E-state index contributed by atoms with van der Waals surface area (Å²) in [5.41, 5.74) is 0. The van der Waals surface area contributed by atoms with Gasteiger partial charge in [0.25, 0.3) is 0 Å². The number of nitrogens with zero attached hydrogens (tertiary/aromatic N) is 2. The van der Waals surface area contributed by atoms with Crippen LogP contribution in [0.15, 0.2) is 12.2 Å². The Morgan fingerprint density at radius 2 is 2.18 bits per heavy atom. The van der Waals surface area contributed by atoms with E-state index in [9.17, 15) is 30.2 Å². The first-order valence-corrected chi connectivity index (χ1v) is 6.97. The number of allylic oxidation sites excluding steroid dienone is 1. The molecule has 8 heteroatoms. The Bertz CT molecular complexity index is 487. The monoisotopic (exact) mass is 311 g/mol. The van der Waals surface area contributed by atoms with E-state index in [2.05, 4.69) is 5.32 Å². The van der Waals surface area contributed by atoms with Crippen molar-refractivity contribution in [1.82, 2.24) is 10.2 Å². The topological polar surface area (TPSA) is 134 Å². The van der Waals surface area contributed by atoms with Crippen molar-refractivity contribution in [3.63, 3.8) is 0 Å². The molecule has 22 heavy (non-hydrogen) atoms. The quantitative estimate of drug-likeness (QED) is 0.514. The zero-order chi connectivity index (χ0) is 16.9. The van der Waals surface area contributed by atoms with Crippen molar-refractivity contribution >= 4 is 12.0 Å². The molecule has 1 aliphatic rings. The fourth-order valence-electron chi connectivity index (χ4n) is 2.94. The molecule has 1 fully saturated rings. The summed E-state index contributed by atoms with van der Waals surface area (Å²) in [4.78, 5) is 23.8. The van der Waals surface area contributed by atoms with E-state index >= 15 is 0 Å². The number of hydrogen-bond acceptors (Lipinski definition) is 5. The van der Waals surface area contributed by atoms with Gasteiger partial charge in [0, 0.05) is 12.8 Å². The van der Waals surface area contributed by atoms with Crippen molar-refractivity contribution in [2.75, 3.05) is 6.61 Å². The molecular weight excluding hydrogens is 290 g/mol. The fraction of sp³-hybridized carbons (Fsp3) is 0.643. The predicted octanol–water partition coefficient (Wildman–Crippen LogP) is -0.319. The smallest absolute Gasteiger partial charge is 0.408 e. The predicted molar refractivity (Wildman–Crippen MR) is 76.7 cm³/mol. The highest BCUT2D eigenvalue weighted by molar-refractivity contribution is 5.74. The maximum Gasteiger partial charge on any atom is 0.408 e. The number of carbonyl (C=O) groups excluding carboxylic acids is 1. The highest BCUT2D eigenvalue weighted by Crippen LogP contribution is 2.34. The molecule has 1 rings (SSSR count). The van der Waals surface area contributed by atoms with Gasteiger partial charge in [-0.2, -0.15) is 5.26 Å². The summed E-state index contributed by atoms with van der Waals surface area (Å²) in [6.07, 6.45) is 1.11. The van der Waals surface area contributed by atoms with Gasteiger partial charge in [-0.25, -0.2) is 4.79 Å².